The van der Waals surface area contributed by atoms with Crippen LogP contribution in [0, 0.1) is 6.92 Å². The van der Waals surface area contributed by atoms with Crippen molar-refractivity contribution in [2.45, 2.75) is 31.8 Å². The van der Waals surface area contributed by atoms with Crippen molar-refractivity contribution in [3.05, 3.63) is 40.5 Å². The van der Waals surface area contributed by atoms with Crippen molar-refractivity contribution in [2.24, 2.45) is 0 Å². The highest BCUT2D eigenvalue weighted by Crippen LogP contribution is 2.36. The molecule has 0 fully saturated rings. The Labute approximate surface area is 107 Å². The first kappa shape index (κ1) is 13.3. The number of fused-ring (bicyclic) bond motifs is 1. The van der Waals surface area contributed by atoms with Crippen LogP contribution in [0.2, 0.25) is 0 Å². The molecule has 1 aliphatic rings. The molecule has 3 nitrogen and oxygen atoms in total. The maximum absolute atomic E-state index is 10.3. The third-order valence-corrected chi connectivity index (χ3v) is 3.85. The highest BCUT2D eigenvalue weighted by Gasteiger charge is 2.31. The number of hydrogen-bond donors (Lipinski definition) is 3. The van der Waals surface area contributed by atoms with E-state index in [1.807, 2.05) is 13.0 Å². The molecule has 0 saturated carbocycles. The van der Waals surface area contributed by atoms with Crippen molar-refractivity contribution in [1.82, 2.24) is 0 Å². The molecule has 0 heterocycles. The van der Waals surface area contributed by atoms with E-state index in [1.165, 1.54) is 5.56 Å². The minimum Gasteiger partial charge on any atom is -0.393 e. The largest absolute Gasteiger partial charge is 0.393 e. The van der Waals surface area contributed by atoms with Gasteiger partial charge in [-0.05, 0) is 41.5 Å². The molecule has 0 bridgehead atoms. The molecular formula is C15H20O3. The number of benzene rings is 1. The van der Waals surface area contributed by atoms with Gasteiger partial charge in [-0.25, -0.2) is 0 Å². The Morgan fingerprint density at radius 1 is 1.28 bits per heavy atom. The normalized spacial score (nSPS) is 18.8. The molecule has 0 radical (unpaired) electrons. The number of allylic oxidation sites excluding steroid dienone is 1. The summed E-state index contributed by atoms with van der Waals surface area (Å²) >= 11 is 0. The minimum atomic E-state index is -1.56. The summed E-state index contributed by atoms with van der Waals surface area (Å²) in [4.78, 5) is 0. The zero-order chi connectivity index (χ0) is 13.3. The lowest BCUT2D eigenvalue weighted by atomic mass is 9.80. The topological polar surface area (TPSA) is 60.7 Å². The van der Waals surface area contributed by atoms with Gasteiger partial charge in [0.15, 0.2) is 0 Å². The van der Waals surface area contributed by atoms with Crippen molar-refractivity contribution < 1.29 is 15.3 Å². The van der Waals surface area contributed by atoms with Gasteiger partial charge in [0, 0.05) is 0 Å². The smallest absolute Gasteiger partial charge is 0.136 e. The fourth-order valence-electron chi connectivity index (χ4n) is 2.79. The molecular weight excluding hydrogens is 228 g/mol. The van der Waals surface area contributed by atoms with Crippen molar-refractivity contribution in [1.29, 1.82) is 0 Å². The summed E-state index contributed by atoms with van der Waals surface area (Å²) in [5.41, 5.74) is 2.40. The van der Waals surface area contributed by atoms with Crippen LogP contribution in [0.1, 0.15) is 41.5 Å². The Hall–Kier alpha value is -1.16. The van der Waals surface area contributed by atoms with Gasteiger partial charge in [0.1, 0.15) is 5.60 Å². The molecule has 1 unspecified atom stereocenters. The number of aliphatic hydroxyl groups is 3. The van der Waals surface area contributed by atoms with Gasteiger partial charge in [-0.1, -0.05) is 31.2 Å². The second kappa shape index (κ2) is 4.84. The van der Waals surface area contributed by atoms with Crippen molar-refractivity contribution >= 4 is 6.08 Å². The highest BCUT2D eigenvalue weighted by atomic mass is 16.4. The fourth-order valence-corrected chi connectivity index (χ4v) is 2.79. The Morgan fingerprint density at radius 3 is 2.56 bits per heavy atom. The van der Waals surface area contributed by atoms with Crippen molar-refractivity contribution in [3.63, 3.8) is 0 Å². The maximum Gasteiger partial charge on any atom is 0.136 e. The summed E-state index contributed by atoms with van der Waals surface area (Å²) in [5.74, 6) is 0.395. The predicted octanol–water partition coefficient (Wildman–Crippen LogP) is 1.69. The third-order valence-electron chi connectivity index (χ3n) is 3.85. The second-order valence-electron chi connectivity index (χ2n) is 5.13. The SMILES string of the molecule is Cc1c(C(O)(CO)CO)ccc2c1C(C)CC=C2. The van der Waals surface area contributed by atoms with Crippen LogP contribution < -0.4 is 0 Å². The molecule has 98 valence electrons. The van der Waals surface area contributed by atoms with Gasteiger partial charge in [0.05, 0.1) is 13.2 Å². The first-order valence-electron chi connectivity index (χ1n) is 6.28. The quantitative estimate of drug-likeness (QED) is 0.763. The average Bonchev–Trinajstić information content (AvgIpc) is 2.38. The summed E-state index contributed by atoms with van der Waals surface area (Å²) in [5, 5.41) is 28.9. The molecule has 1 aromatic rings. The number of rotatable bonds is 3. The Bertz CT molecular complexity index is 473. The lowest BCUT2D eigenvalue weighted by molar-refractivity contribution is -0.0603. The van der Waals surface area contributed by atoms with E-state index in [-0.39, 0.29) is 0 Å². The molecule has 3 heteroatoms. The zero-order valence-corrected chi connectivity index (χ0v) is 10.8. The van der Waals surface area contributed by atoms with Gasteiger partial charge in [-0.2, -0.15) is 0 Å². The van der Waals surface area contributed by atoms with Crippen LogP contribution in [0.15, 0.2) is 18.2 Å². The van der Waals surface area contributed by atoms with Crippen LogP contribution in [0.25, 0.3) is 6.08 Å². The van der Waals surface area contributed by atoms with E-state index in [2.05, 4.69) is 19.1 Å². The van der Waals surface area contributed by atoms with Gasteiger partial charge < -0.3 is 15.3 Å². The molecule has 18 heavy (non-hydrogen) atoms. The van der Waals surface area contributed by atoms with Crippen molar-refractivity contribution in [2.75, 3.05) is 13.2 Å². The monoisotopic (exact) mass is 248 g/mol. The van der Waals surface area contributed by atoms with Gasteiger partial charge in [0.25, 0.3) is 0 Å². The summed E-state index contributed by atoms with van der Waals surface area (Å²) in [6.07, 6.45) is 5.22. The van der Waals surface area contributed by atoms with Gasteiger partial charge >= 0.3 is 0 Å². The van der Waals surface area contributed by atoms with E-state index in [4.69, 9.17) is 0 Å². The van der Waals surface area contributed by atoms with Crippen LogP contribution in [-0.2, 0) is 5.60 Å². The van der Waals surface area contributed by atoms with E-state index in [9.17, 15) is 15.3 Å². The number of hydrogen-bond acceptors (Lipinski definition) is 3. The molecule has 0 amide bonds. The van der Waals surface area contributed by atoms with Gasteiger partial charge in [-0.3, -0.25) is 0 Å². The van der Waals surface area contributed by atoms with E-state index in [1.54, 1.807) is 6.07 Å². The standard InChI is InChI=1S/C15H20O3/c1-10-4-3-5-12-6-7-13(11(2)14(10)12)15(18,8-16)9-17/h3,5-7,10,16-18H,4,8-9H2,1-2H3. The molecule has 2 rings (SSSR count). The maximum atomic E-state index is 10.3. The summed E-state index contributed by atoms with van der Waals surface area (Å²) in [7, 11) is 0. The Balaban J connectivity index is 2.59. The Kier molecular flexibility index (Phi) is 3.57. The molecule has 0 aromatic heterocycles. The summed E-state index contributed by atoms with van der Waals surface area (Å²) in [6, 6.07) is 3.74. The molecule has 1 atom stereocenters. The summed E-state index contributed by atoms with van der Waals surface area (Å²) in [6.45, 7) is 3.14. The van der Waals surface area contributed by atoms with E-state index in [0.717, 1.165) is 17.5 Å². The van der Waals surface area contributed by atoms with E-state index in [0.29, 0.717) is 11.5 Å². The first-order chi connectivity index (χ1) is 8.53. The third kappa shape index (κ3) is 1.99. The fraction of sp³-hybridized carbons (Fsp3) is 0.467. The van der Waals surface area contributed by atoms with Crippen LogP contribution >= 0.6 is 0 Å². The molecule has 1 aromatic carbocycles. The molecule has 0 saturated heterocycles. The summed E-state index contributed by atoms with van der Waals surface area (Å²) < 4.78 is 0. The second-order valence-corrected chi connectivity index (χ2v) is 5.13. The Morgan fingerprint density at radius 2 is 1.94 bits per heavy atom. The van der Waals surface area contributed by atoms with Crippen LogP contribution in [-0.4, -0.2) is 28.5 Å². The predicted molar refractivity (Wildman–Crippen MR) is 71.3 cm³/mol. The highest BCUT2D eigenvalue weighted by molar-refractivity contribution is 5.61. The molecule has 1 aliphatic carbocycles. The first-order valence-corrected chi connectivity index (χ1v) is 6.28. The lowest BCUT2D eigenvalue weighted by Gasteiger charge is -2.30. The van der Waals surface area contributed by atoms with Crippen LogP contribution in [0.5, 0.6) is 0 Å². The lowest BCUT2D eigenvalue weighted by Crippen LogP contribution is -2.35. The van der Waals surface area contributed by atoms with E-state index < -0.39 is 18.8 Å². The van der Waals surface area contributed by atoms with Crippen molar-refractivity contribution in [3.8, 4) is 0 Å². The number of aliphatic hydroxyl groups excluding tert-OH is 2. The zero-order valence-electron chi connectivity index (χ0n) is 10.8. The molecule has 3 N–H and O–H groups in total. The van der Waals surface area contributed by atoms with Gasteiger partial charge in [-0.15, -0.1) is 0 Å². The molecule has 0 spiro atoms. The van der Waals surface area contributed by atoms with Gasteiger partial charge in [0.2, 0.25) is 0 Å². The molecule has 0 aliphatic heterocycles. The van der Waals surface area contributed by atoms with E-state index >= 15 is 0 Å². The van der Waals surface area contributed by atoms with Crippen LogP contribution in [0.3, 0.4) is 0 Å². The average molecular weight is 248 g/mol. The van der Waals surface area contributed by atoms with Crippen LogP contribution in [0.4, 0.5) is 0 Å². The minimum absolute atomic E-state index is 0.395.